The van der Waals surface area contributed by atoms with Crippen LogP contribution >= 0.6 is 11.3 Å². The number of ether oxygens (including phenoxy) is 1. The molecule has 28 heavy (non-hydrogen) atoms. The van der Waals surface area contributed by atoms with Crippen molar-refractivity contribution in [1.29, 1.82) is 0 Å². The van der Waals surface area contributed by atoms with Crippen LogP contribution in [-0.4, -0.2) is 37.1 Å². The van der Waals surface area contributed by atoms with Crippen LogP contribution in [-0.2, 0) is 16.1 Å². The molecule has 1 N–H and O–H groups in total. The lowest BCUT2D eigenvalue weighted by Gasteiger charge is -2.19. The molecule has 0 atom stereocenters. The number of nitrogens with zero attached hydrogens (tertiary/aromatic N) is 2. The van der Waals surface area contributed by atoms with Gasteiger partial charge in [-0.05, 0) is 35.9 Å². The second-order valence-corrected chi connectivity index (χ2v) is 7.04. The van der Waals surface area contributed by atoms with Crippen LogP contribution < -0.4 is 10.2 Å². The van der Waals surface area contributed by atoms with E-state index in [1.54, 1.807) is 24.1 Å². The molecule has 0 aliphatic heterocycles. The summed E-state index contributed by atoms with van der Waals surface area (Å²) < 4.78 is 6.20. The highest BCUT2D eigenvalue weighted by atomic mass is 32.1. The van der Waals surface area contributed by atoms with Crippen molar-refractivity contribution in [2.45, 2.75) is 6.54 Å². The van der Waals surface area contributed by atoms with Crippen molar-refractivity contribution in [2.24, 2.45) is 0 Å². The SMILES string of the molecule is C=CC(=O)NCc1ccc(C(=O)N(CCOC)c2nc3ccccc3s2)cc1. The smallest absolute Gasteiger partial charge is 0.260 e. The summed E-state index contributed by atoms with van der Waals surface area (Å²) in [5, 5.41) is 3.36. The first kappa shape index (κ1) is 19.7. The van der Waals surface area contributed by atoms with Gasteiger partial charge < -0.3 is 10.1 Å². The van der Waals surface area contributed by atoms with Crippen LogP contribution in [0.25, 0.3) is 10.2 Å². The maximum atomic E-state index is 13.1. The quantitative estimate of drug-likeness (QED) is 0.594. The number of fused-ring (bicyclic) bond motifs is 1. The molecule has 7 heteroatoms. The van der Waals surface area contributed by atoms with Gasteiger partial charge in [-0.3, -0.25) is 14.5 Å². The zero-order valence-corrected chi connectivity index (χ0v) is 16.4. The number of hydrogen-bond acceptors (Lipinski definition) is 5. The Hall–Kier alpha value is -3.03. The number of carbonyl (C=O) groups excluding carboxylic acids is 2. The van der Waals surface area contributed by atoms with E-state index >= 15 is 0 Å². The van der Waals surface area contributed by atoms with Gasteiger partial charge in [0.1, 0.15) is 0 Å². The number of anilines is 1. The Balaban J connectivity index is 1.80. The molecule has 0 aliphatic carbocycles. The summed E-state index contributed by atoms with van der Waals surface area (Å²) in [6.45, 7) is 4.62. The molecule has 0 bridgehead atoms. The average molecular weight is 395 g/mol. The Kier molecular flexibility index (Phi) is 6.52. The Morgan fingerprint density at radius 1 is 1.21 bits per heavy atom. The second-order valence-electron chi connectivity index (χ2n) is 6.03. The number of aromatic nitrogens is 1. The van der Waals surface area contributed by atoms with Crippen molar-refractivity contribution in [3.8, 4) is 0 Å². The van der Waals surface area contributed by atoms with E-state index in [1.807, 2.05) is 36.4 Å². The number of rotatable bonds is 8. The molecule has 3 rings (SSSR count). The molecular weight excluding hydrogens is 374 g/mol. The second kappa shape index (κ2) is 9.25. The molecule has 2 aromatic carbocycles. The summed E-state index contributed by atoms with van der Waals surface area (Å²) in [6.07, 6.45) is 1.23. The first-order valence-corrected chi connectivity index (χ1v) is 9.59. The van der Waals surface area contributed by atoms with E-state index in [0.717, 1.165) is 15.8 Å². The highest BCUT2D eigenvalue weighted by Gasteiger charge is 2.21. The maximum Gasteiger partial charge on any atom is 0.260 e. The van der Waals surface area contributed by atoms with Crippen LogP contribution in [0, 0.1) is 0 Å². The van der Waals surface area contributed by atoms with Gasteiger partial charge in [0.2, 0.25) is 5.91 Å². The highest BCUT2D eigenvalue weighted by Crippen LogP contribution is 2.29. The predicted molar refractivity (Wildman–Crippen MR) is 112 cm³/mol. The summed E-state index contributed by atoms with van der Waals surface area (Å²) in [6, 6.07) is 15.0. The minimum absolute atomic E-state index is 0.141. The van der Waals surface area contributed by atoms with E-state index in [-0.39, 0.29) is 11.8 Å². The lowest BCUT2D eigenvalue weighted by atomic mass is 10.1. The number of para-hydroxylation sites is 1. The van der Waals surface area contributed by atoms with Gasteiger partial charge in [-0.1, -0.05) is 42.2 Å². The number of amides is 2. The third-order valence-corrected chi connectivity index (χ3v) is 5.19. The van der Waals surface area contributed by atoms with Gasteiger partial charge in [0.25, 0.3) is 5.91 Å². The summed E-state index contributed by atoms with van der Waals surface area (Å²) in [5.41, 5.74) is 2.32. The minimum Gasteiger partial charge on any atom is -0.383 e. The number of nitrogens with one attached hydrogen (secondary N) is 1. The van der Waals surface area contributed by atoms with Crippen LogP contribution in [0.3, 0.4) is 0 Å². The van der Waals surface area contributed by atoms with Gasteiger partial charge in [-0.15, -0.1) is 0 Å². The molecule has 0 aliphatic rings. The number of thiazole rings is 1. The van der Waals surface area contributed by atoms with E-state index in [9.17, 15) is 9.59 Å². The monoisotopic (exact) mass is 395 g/mol. The van der Waals surface area contributed by atoms with Crippen LogP contribution in [0.5, 0.6) is 0 Å². The van der Waals surface area contributed by atoms with Crippen molar-refractivity contribution in [2.75, 3.05) is 25.2 Å². The summed E-state index contributed by atoms with van der Waals surface area (Å²) in [4.78, 5) is 30.6. The fourth-order valence-corrected chi connectivity index (χ4v) is 3.61. The first-order chi connectivity index (χ1) is 13.6. The summed E-state index contributed by atoms with van der Waals surface area (Å²) in [5.74, 6) is -0.375. The van der Waals surface area contributed by atoms with Crippen LogP contribution in [0.1, 0.15) is 15.9 Å². The number of carbonyl (C=O) groups is 2. The van der Waals surface area contributed by atoms with Crippen LogP contribution in [0.15, 0.2) is 61.2 Å². The third kappa shape index (κ3) is 4.62. The molecule has 1 aromatic heterocycles. The van der Waals surface area contributed by atoms with Gasteiger partial charge in [0, 0.05) is 19.2 Å². The average Bonchev–Trinajstić information content (AvgIpc) is 3.16. The Morgan fingerprint density at radius 3 is 2.64 bits per heavy atom. The minimum atomic E-state index is -0.235. The standard InChI is InChI=1S/C21H21N3O3S/c1-3-19(25)22-14-15-8-10-16(11-9-15)20(26)24(12-13-27-2)21-23-17-6-4-5-7-18(17)28-21/h3-11H,1,12-14H2,2H3,(H,22,25). The highest BCUT2D eigenvalue weighted by molar-refractivity contribution is 7.22. The largest absolute Gasteiger partial charge is 0.383 e. The van der Waals surface area contributed by atoms with Crippen molar-refractivity contribution in [3.63, 3.8) is 0 Å². The van der Waals surface area contributed by atoms with Gasteiger partial charge in [-0.2, -0.15) is 0 Å². The Bertz CT molecular complexity index is 949. The van der Waals surface area contributed by atoms with Crippen molar-refractivity contribution >= 4 is 38.5 Å². The number of hydrogen-bond donors (Lipinski definition) is 1. The molecule has 0 saturated carbocycles. The molecule has 3 aromatic rings. The van der Waals surface area contributed by atoms with E-state index in [4.69, 9.17) is 4.74 Å². The summed E-state index contributed by atoms with van der Waals surface area (Å²) >= 11 is 1.48. The fraction of sp³-hybridized carbons (Fsp3) is 0.190. The molecule has 0 spiro atoms. The zero-order valence-electron chi connectivity index (χ0n) is 15.6. The van der Waals surface area contributed by atoms with E-state index in [0.29, 0.717) is 30.4 Å². The molecule has 0 saturated heterocycles. The normalized spacial score (nSPS) is 10.6. The van der Waals surface area contributed by atoms with Gasteiger partial charge in [0.15, 0.2) is 5.13 Å². The van der Waals surface area contributed by atoms with Crippen molar-refractivity contribution < 1.29 is 14.3 Å². The predicted octanol–water partition coefficient (Wildman–Crippen LogP) is 3.39. The van der Waals surface area contributed by atoms with E-state index in [1.165, 1.54) is 17.4 Å². The first-order valence-electron chi connectivity index (χ1n) is 8.78. The Morgan fingerprint density at radius 2 is 1.96 bits per heavy atom. The number of benzene rings is 2. The van der Waals surface area contributed by atoms with Gasteiger partial charge >= 0.3 is 0 Å². The molecule has 0 radical (unpaired) electrons. The number of methoxy groups -OCH3 is 1. The molecular formula is C21H21N3O3S. The maximum absolute atomic E-state index is 13.1. The zero-order chi connectivity index (χ0) is 19.9. The van der Waals surface area contributed by atoms with Gasteiger partial charge in [-0.25, -0.2) is 4.98 Å². The lowest BCUT2D eigenvalue weighted by Crippen LogP contribution is -2.33. The van der Waals surface area contributed by atoms with E-state index < -0.39 is 0 Å². The lowest BCUT2D eigenvalue weighted by molar-refractivity contribution is -0.116. The molecule has 144 valence electrons. The van der Waals surface area contributed by atoms with Gasteiger partial charge in [0.05, 0.1) is 23.4 Å². The molecule has 2 amide bonds. The van der Waals surface area contributed by atoms with Crippen LogP contribution in [0.2, 0.25) is 0 Å². The molecule has 0 unspecified atom stereocenters. The Labute approximate surface area is 167 Å². The molecule has 6 nitrogen and oxygen atoms in total. The van der Waals surface area contributed by atoms with E-state index in [2.05, 4.69) is 16.9 Å². The summed E-state index contributed by atoms with van der Waals surface area (Å²) in [7, 11) is 1.60. The third-order valence-electron chi connectivity index (χ3n) is 4.13. The molecule has 0 fully saturated rings. The molecule has 1 heterocycles. The van der Waals surface area contributed by atoms with Crippen molar-refractivity contribution in [1.82, 2.24) is 10.3 Å². The fourth-order valence-electron chi connectivity index (χ4n) is 2.62. The van der Waals surface area contributed by atoms with Crippen molar-refractivity contribution in [3.05, 3.63) is 72.3 Å². The topological polar surface area (TPSA) is 71.5 Å². The van der Waals surface area contributed by atoms with Crippen LogP contribution in [0.4, 0.5) is 5.13 Å².